The Hall–Kier alpha value is -2.95. The van der Waals surface area contributed by atoms with Crippen molar-refractivity contribution in [2.45, 2.75) is 39.0 Å². The van der Waals surface area contributed by atoms with E-state index < -0.39 is 5.82 Å². The molecule has 2 aromatic rings. The quantitative estimate of drug-likeness (QED) is 0.823. The molecule has 1 aliphatic carbocycles. The van der Waals surface area contributed by atoms with Gasteiger partial charge in [-0.15, -0.1) is 0 Å². The zero-order valence-corrected chi connectivity index (χ0v) is 15.9. The minimum atomic E-state index is -0.485. The zero-order valence-electron chi connectivity index (χ0n) is 15.9. The Balaban J connectivity index is 1.91. The number of para-hydroxylation sites is 1. The Morgan fingerprint density at radius 3 is 2.39 bits per heavy atom. The summed E-state index contributed by atoms with van der Waals surface area (Å²) in [6, 6.07) is 12.8. The molecular weight excluding hydrogens is 357 g/mol. The lowest BCUT2D eigenvalue weighted by Crippen LogP contribution is -2.44. The highest BCUT2D eigenvalue weighted by molar-refractivity contribution is 6.07. The molecule has 0 aromatic heterocycles. The molecule has 2 aromatic carbocycles. The van der Waals surface area contributed by atoms with Gasteiger partial charge in [0.25, 0.3) is 0 Å². The first-order valence-electron chi connectivity index (χ1n) is 9.39. The number of hydrogen-bond donors (Lipinski definition) is 1. The van der Waals surface area contributed by atoms with Gasteiger partial charge in [-0.1, -0.05) is 38.1 Å². The van der Waals surface area contributed by atoms with Crippen LogP contribution in [0.2, 0.25) is 0 Å². The summed E-state index contributed by atoms with van der Waals surface area (Å²) in [5.41, 5.74) is 1.87. The fraction of sp³-hybridized carbons (Fsp3) is 0.304. The van der Waals surface area contributed by atoms with Crippen LogP contribution in [0.1, 0.15) is 44.6 Å². The van der Waals surface area contributed by atoms with Crippen molar-refractivity contribution in [3.8, 4) is 5.75 Å². The van der Waals surface area contributed by atoms with E-state index >= 15 is 0 Å². The Morgan fingerprint density at radius 1 is 1.04 bits per heavy atom. The maximum Gasteiger partial charge on any atom is 0.232 e. The molecule has 28 heavy (non-hydrogen) atoms. The number of phenolic OH excluding ortho intramolecular Hbond substituents is 1. The summed E-state index contributed by atoms with van der Waals surface area (Å²) < 4.78 is 14.5. The summed E-state index contributed by atoms with van der Waals surface area (Å²) in [4.78, 5) is 27.7. The molecule has 1 N–H and O–H groups in total. The summed E-state index contributed by atoms with van der Waals surface area (Å²) in [6.45, 7) is 3.98. The van der Waals surface area contributed by atoms with E-state index in [1.807, 2.05) is 13.8 Å². The number of rotatable bonds is 2. The number of phenols is 1. The molecule has 5 heteroatoms. The van der Waals surface area contributed by atoms with Crippen molar-refractivity contribution in [3.05, 3.63) is 71.2 Å². The average Bonchev–Trinajstić information content (AvgIpc) is 2.62. The lowest BCUT2D eigenvalue weighted by Gasteiger charge is -2.43. The summed E-state index contributed by atoms with van der Waals surface area (Å²) >= 11 is 0. The molecule has 2 aliphatic rings. The third-order valence-corrected chi connectivity index (χ3v) is 5.53. The second-order valence-electron chi connectivity index (χ2n) is 8.33. The van der Waals surface area contributed by atoms with Crippen LogP contribution >= 0.6 is 0 Å². The lowest BCUT2D eigenvalue weighted by atomic mass is 9.69. The van der Waals surface area contributed by atoms with Crippen LogP contribution in [0.4, 0.5) is 10.1 Å². The number of amides is 1. The van der Waals surface area contributed by atoms with Crippen molar-refractivity contribution in [1.82, 2.24) is 0 Å². The molecule has 0 fully saturated rings. The average molecular weight is 379 g/mol. The lowest BCUT2D eigenvalue weighted by molar-refractivity contribution is -0.121. The van der Waals surface area contributed by atoms with Crippen LogP contribution in [-0.2, 0) is 9.59 Å². The van der Waals surface area contributed by atoms with Gasteiger partial charge in [0.1, 0.15) is 11.6 Å². The maximum atomic E-state index is 14.5. The Kier molecular flexibility index (Phi) is 4.33. The Bertz CT molecular complexity index is 991. The molecule has 1 aliphatic heterocycles. The van der Waals surface area contributed by atoms with Gasteiger partial charge in [0.2, 0.25) is 5.91 Å². The van der Waals surface area contributed by atoms with E-state index in [0.717, 1.165) is 5.56 Å². The maximum absolute atomic E-state index is 14.5. The van der Waals surface area contributed by atoms with Gasteiger partial charge in [-0.3, -0.25) is 14.5 Å². The molecule has 1 unspecified atom stereocenters. The van der Waals surface area contributed by atoms with Crippen LogP contribution in [0, 0.1) is 11.2 Å². The highest BCUT2D eigenvalue weighted by atomic mass is 19.1. The number of hydrogen-bond acceptors (Lipinski definition) is 3. The number of nitrogens with zero attached hydrogens (tertiary/aromatic N) is 1. The number of aromatic hydroxyl groups is 1. The molecule has 144 valence electrons. The molecule has 1 amide bonds. The van der Waals surface area contributed by atoms with Crippen molar-refractivity contribution in [2.75, 3.05) is 4.90 Å². The van der Waals surface area contributed by atoms with Crippen molar-refractivity contribution in [2.24, 2.45) is 5.41 Å². The van der Waals surface area contributed by atoms with Crippen LogP contribution in [-0.4, -0.2) is 16.8 Å². The molecule has 1 heterocycles. The number of benzene rings is 2. The minimum absolute atomic E-state index is 0.00170. The van der Waals surface area contributed by atoms with Crippen molar-refractivity contribution >= 4 is 17.4 Å². The van der Waals surface area contributed by atoms with E-state index in [4.69, 9.17) is 0 Å². The van der Waals surface area contributed by atoms with E-state index in [1.54, 1.807) is 42.5 Å². The predicted molar refractivity (Wildman–Crippen MR) is 104 cm³/mol. The first-order chi connectivity index (χ1) is 13.3. The van der Waals surface area contributed by atoms with Gasteiger partial charge in [-0.2, -0.15) is 0 Å². The van der Waals surface area contributed by atoms with Gasteiger partial charge >= 0.3 is 0 Å². The highest BCUT2D eigenvalue weighted by Gasteiger charge is 2.44. The fourth-order valence-electron chi connectivity index (χ4n) is 4.32. The van der Waals surface area contributed by atoms with Crippen molar-refractivity contribution in [1.29, 1.82) is 0 Å². The molecular formula is C23H22FNO3. The number of carbonyl (C=O) groups excluding carboxylic acids is 2. The molecule has 0 radical (unpaired) electrons. The first-order valence-corrected chi connectivity index (χ1v) is 9.39. The molecule has 0 saturated heterocycles. The number of carbonyl (C=O) groups is 2. The van der Waals surface area contributed by atoms with Crippen LogP contribution in [0.25, 0.3) is 0 Å². The third-order valence-electron chi connectivity index (χ3n) is 5.53. The molecule has 0 saturated carbocycles. The van der Waals surface area contributed by atoms with Gasteiger partial charge in [0.05, 0.1) is 5.69 Å². The number of allylic oxidation sites excluding steroid dienone is 2. The normalized spacial score (nSPS) is 21.7. The van der Waals surface area contributed by atoms with E-state index in [9.17, 15) is 19.1 Å². The topological polar surface area (TPSA) is 57.6 Å². The number of Topliss-reactive ketones (excluding diaryl/α,β-unsaturated/α-hetero) is 1. The number of halogens is 1. The van der Waals surface area contributed by atoms with Crippen molar-refractivity contribution < 1.29 is 19.1 Å². The van der Waals surface area contributed by atoms with E-state index in [-0.39, 0.29) is 40.9 Å². The molecule has 0 spiro atoms. The summed E-state index contributed by atoms with van der Waals surface area (Å²) in [5.74, 6) is -0.967. The predicted octanol–water partition coefficient (Wildman–Crippen LogP) is 4.70. The van der Waals surface area contributed by atoms with Crippen LogP contribution in [0.5, 0.6) is 5.75 Å². The second-order valence-corrected chi connectivity index (χ2v) is 8.33. The van der Waals surface area contributed by atoms with E-state index in [1.165, 1.54) is 11.0 Å². The molecule has 4 rings (SSSR count). The SMILES string of the molecule is CC1(C)CC(=O)C2=C(C1)N(c1ccccc1F)C(=O)CC2c1ccc(O)cc1. The standard InChI is InChI=1S/C23H22FNO3/c1-23(2)12-19-22(20(27)13-23)16(14-7-9-15(26)10-8-14)11-21(28)25(19)18-6-4-3-5-17(18)24/h3-10,16,26H,11-13H2,1-2H3. The van der Waals surface area contributed by atoms with Gasteiger partial charge in [-0.25, -0.2) is 4.39 Å². The smallest absolute Gasteiger partial charge is 0.232 e. The van der Waals surface area contributed by atoms with E-state index in [2.05, 4.69) is 0 Å². The summed E-state index contributed by atoms with van der Waals surface area (Å²) in [5, 5.41) is 9.59. The van der Waals surface area contributed by atoms with Crippen LogP contribution < -0.4 is 4.90 Å². The zero-order chi connectivity index (χ0) is 20.1. The third kappa shape index (κ3) is 3.11. The second kappa shape index (κ2) is 6.59. The van der Waals surface area contributed by atoms with Crippen molar-refractivity contribution in [3.63, 3.8) is 0 Å². The monoisotopic (exact) mass is 379 g/mol. The first kappa shape index (κ1) is 18.4. The highest BCUT2D eigenvalue weighted by Crippen LogP contribution is 2.48. The fourth-order valence-corrected chi connectivity index (χ4v) is 4.32. The molecule has 1 atom stereocenters. The van der Waals surface area contributed by atoms with Crippen LogP contribution in [0.15, 0.2) is 59.8 Å². The number of anilines is 1. The molecule has 4 nitrogen and oxygen atoms in total. The summed E-state index contributed by atoms with van der Waals surface area (Å²) in [7, 11) is 0. The minimum Gasteiger partial charge on any atom is -0.508 e. The van der Waals surface area contributed by atoms with Gasteiger partial charge in [0.15, 0.2) is 5.78 Å². The summed E-state index contributed by atoms with van der Waals surface area (Å²) in [6.07, 6.45) is 0.993. The largest absolute Gasteiger partial charge is 0.508 e. The van der Waals surface area contributed by atoms with Gasteiger partial charge in [0, 0.05) is 30.0 Å². The Labute approximate surface area is 163 Å². The number of ketones is 1. The van der Waals surface area contributed by atoms with Gasteiger partial charge < -0.3 is 5.11 Å². The van der Waals surface area contributed by atoms with E-state index in [0.29, 0.717) is 24.1 Å². The van der Waals surface area contributed by atoms with Gasteiger partial charge in [-0.05, 0) is 41.7 Å². The Morgan fingerprint density at radius 2 is 1.71 bits per heavy atom. The molecule has 0 bridgehead atoms. The van der Waals surface area contributed by atoms with Crippen LogP contribution in [0.3, 0.4) is 0 Å².